The highest BCUT2D eigenvalue weighted by Gasteiger charge is 2.27. The van der Waals surface area contributed by atoms with E-state index in [0.717, 1.165) is 17.9 Å². The van der Waals surface area contributed by atoms with Crippen LogP contribution in [0.15, 0.2) is 60.8 Å². The fourth-order valence-corrected chi connectivity index (χ4v) is 3.32. The average molecular weight is 337 g/mol. The lowest BCUT2D eigenvalue weighted by Crippen LogP contribution is -2.25. The van der Waals surface area contributed by atoms with E-state index in [9.17, 15) is 0 Å². The quantitative estimate of drug-likeness (QED) is 0.734. The molecular weight excluding hydrogens is 320 g/mol. The third-order valence-corrected chi connectivity index (χ3v) is 4.54. The van der Waals surface area contributed by atoms with Crippen LogP contribution in [-0.2, 0) is 6.42 Å². The van der Waals surface area contributed by atoms with Crippen molar-refractivity contribution in [2.75, 3.05) is 10.2 Å². The predicted molar refractivity (Wildman–Crippen MR) is 98.5 cm³/mol. The van der Waals surface area contributed by atoms with Crippen molar-refractivity contribution in [1.82, 2.24) is 9.97 Å². The maximum atomic E-state index is 6.20. The summed E-state index contributed by atoms with van der Waals surface area (Å²) in [5, 5.41) is 3.84. The summed E-state index contributed by atoms with van der Waals surface area (Å²) in [5.41, 5.74) is 3.36. The zero-order valence-electron chi connectivity index (χ0n) is 13.3. The van der Waals surface area contributed by atoms with E-state index in [1.165, 1.54) is 11.3 Å². The Morgan fingerprint density at radius 3 is 2.75 bits per heavy atom. The van der Waals surface area contributed by atoms with Gasteiger partial charge in [-0.2, -0.15) is 4.98 Å². The normalized spacial score (nSPS) is 16.1. The topological polar surface area (TPSA) is 41.1 Å². The highest BCUT2D eigenvalue weighted by Crippen LogP contribution is 2.37. The van der Waals surface area contributed by atoms with Gasteiger partial charge >= 0.3 is 0 Å². The number of para-hydroxylation sites is 2. The molecule has 24 heavy (non-hydrogen) atoms. The van der Waals surface area contributed by atoms with Gasteiger partial charge in [0.05, 0.1) is 10.7 Å². The van der Waals surface area contributed by atoms with Crippen LogP contribution in [0.4, 0.5) is 23.1 Å². The van der Waals surface area contributed by atoms with E-state index in [-0.39, 0.29) is 0 Å². The lowest BCUT2D eigenvalue weighted by molar-refractivity contribution is 0.749. The van der Waals surface area contributed by atoms with Crippen LogP contribution in [0, 0.1) is 0 Å². The Bertz CT molecular complexity index is 881. The van der Waals surface area contributed by atoms with E-state index in [1.807, 2.05) is 30.3 Å². The van der Waals surface area contributed by atoms with Gasteiger partial charge in [-0.3, -0.25) is 0 Å². The summed E-state index contributed by atoms with van der Waals surface area (Å²) in [4.78, 5) is 11.3. The lowest BCUT2D eigenvalue weighted by atomic mass is 10.1. The molecule has 1 unspecified atom stereocenters. The van der Waals surface area contributed by atoms with Crippen LogP contribution in [0.5, 0.6) is 0 Å². The summed E-state index contributed by atoms with van der Waals surface area (Å²) in [6, 6.07) is 18.3. The molecule has 0 spiro atoms. The number of nitrogens with one attached hydrogen (secondary N) is 1. The number of hydrogen-bond donors (Lipinski definition) is 1. The van der Waals surface area contributed by atoms with Gasteiger partial charge in [-0.1, -0.05) is 41.9 Å². The first-order valence-electron chi connectivity index (χ1n) is 7.94. The van der Waals surface area contributed by atoms with Crippen LogP contribution >= 0.6 is 11.6 Å². The molecule has 1 aliphatic heterocycles. The van der Waals surface area contributed by atoms with Gasteiger partial charge in [0.25, 0.3) is 0 Å². The van der Waals surface area contributed by atoms with Crippen LogP contribution in [0.25, 0.3) is 0 Å². The molecule has 0 aliphatic carbocycles. The van der Waals surface area contributed by atoms with E-state index < -0.39 is 0 Å². The van der Waals surface area contributed by atoms with E-state index >= 15 is 0 Å². The third-order valence-electron chi connectivity index (χ3n) is 4.22. The molecule has 0 saturated heterocycles. The maximum absolute atomic E-state index is 6.20. The SMILES string of the molecule is CC1Cc2ccccc2N1c1ccnc(Nc2ccccc2Cl)n1. The second kappa shape index (κ2) is 6.13. The van der Waals surface area contributed by atoms with Crippen molar-refractivity contribution in [3.05, 3.63) is 71.4 Å². The monoisotopic (exact) mass is 336 g/mol. The number of nitrogens with zero attached hydrogens (tertiary/aromatic N) is 3. The minimum absolute atomic E-state index is 0.366. The molecule has 1 atom stereocenters. The van der Waals surface area contributed by atoms with E-state index in [1.54, 1.807) is 6.20 Å². The predicted octanol–water partition coefficient (Wildman–Crippen LogP) is 4.96. The van der Waals surface area contributed by atoms with Gasteiger partial charge in [0, 0.05) is 17.9 Å². The number of fused-ring (bicyclic) bond motifs is 1. The average Bonchev–Trinajstić information content (AvgIpc) is 2.93. The van der Waals surface area contributed by atoms with E-state index in [0.29, 0.717) is 17.0 Å². The lowest BCUT2D eigenvalue weighted by Gasteiger charge is -2.24. The summed E-state index contributed by atoms with van der Waals surface area (Å²) in [7, 11) is 0. The van der Waals surface area contributed by atoms with Crippen LogP contribution in [0.2, 0.25) is 5.02 Å². The van der Waals surface area contributed by atoms with Gasteiger partial charge in [-0.05, 0) is 43.2 Å². The van der Waals surface area contributed by atoms with Gasteiger partial charge in [0.1, 0.15) is 5.82 Å². The molecule has 1 aliphatic rings. The molecule has 0 amide bonds. The molecule has 120 valence electrons. The Labute approximate surface area is 146 Å². The van der Waals surface area contributed by atoms with Gasteiger partial charge in [0.2, 0.25) is 5.95 Å². The van der Waals surface area contributed by atoms with Crippen LogP contribution in [0.3, 0.4) is 0 Å². The molecule has 3 aromatic rings. The Morgan fingerprint density at radius 1 is 1.08 bits per heavy atom. The molecule has 4 nitrogen and oxygen atoms in total. The van der Waals surface area contributed by atoms with Crippen molar-refractivity contribution in [3.8, 4) is 0 Å². The van der Waals surface area contributed by atoms with Gasteiger partial charge in [-0.25, -0.2) is 4.98 Å². The molecule has 0 fully saturated rings. The largest absolute Gasteiger partial charge is 0.323 e. The molecular formula is C19H17ClN4. The van der Waals surface area contributed by atoms with Crippen molar-refractivity contribution in [2.24, 2.45) is 0 Å². The molecule has 0 bridgehead atoms. The van der Waals surface area contributed by atoms with Gasteiger partial charge in [-0.15, -0.1) is 0 Å². The Hall–Kier alpha value is -2.59. The zero-order valence-corrected chi connectivity index (χ0v) is 14.0. The molecule has 2 aromatic carbocycles. The fourth-order valence-electron chi connectivity index (χ4n) is 3.14. The summed E-state index contributed by atoms with van der Waals surface area (Å²) >= 11 is 6.20. The number of rotatable bonds is 3. The third kappa shape index (κ3) is 2.69. The highest BCUT2D eigenvalue weighted by atomic mass is 35.5. The molecule has 5 heteroatoms. The molecule has 2 heterocycles. The molecule has 4 rings (SSSR count). The first kappa shape index (κ1) is 15.0. The second-order valence-corrected chi connectivity index (χ2v) is 6.30. The van der Waals surface area contributed by atoms with E-state index in [2.05, 4.69) is 51.4 Å². The second-order valence-electron chi connectivity index (χ2n) is 5.90. The Balaban J connectivity index is 1.67. The minimum atomic E-state index is 0.366. The highest BCUT2D eigenvalue weighted by molar-refractivity contribution is 6.33. The van der Waals surface area contributed by atoms with Crippen molar-refractivity contribution in [3.63, 3.8) is 0 Å². The fraction of sp³-hybridized carbons (Fsp3) is 0.158. The Kier molecular flexibility index (Phi) is 3.82. The smallest absolute Gasteiger partial charge is 0.229 e. The standard InChI is InChI=1S/C19H17ClN4/c1-13-12-14-6-2-5-9-17(14)24(13)18-10-11-21-19(23-18)22-16-8-4-3-7-15(16)20/h2-11,13H,12H2,1H3,(H,21,22,23). The van der Waals surface area contributed by atoms with Crippen molar-refractivity contribution in [2.45, 2.75) is 19.4 Å². The Morgan fingerprint density at radius 2 is 1.88 bits per heavy atom. The first-order valence-corrected chi connectivity index (χ1v) is 8.32. The maximum Gasteiger partial charge on any atom is 0.229 e. The van der Waals surface area contributed by atoms with E-state index in [4.69, 9.17) is 11.6 Å². The first-order chi connectivity index (χ1) is 11.7. The molecule has 0 saturated carbocycles. The van der Waals surface area contributed by atoms with Crippen LogP contribution in [0.1, 0.15) is 12.5 Å². The number of hydrogen-bond acceptors (Lipinski definition) is 4. The zero-order chi connectivity index (χ0) is 16.5. The minimum Gasteiger partial charge on any atom is -0.323 e. The van der Waals surface area contributed by atoms with Crippen molar-refractivity contribution >= 4 is 34.7 Å². The number of benzene rings is 2. The molecule has 1 N–H and O–H groups in total. The van der Waals surface area contributed by atoms with Crippen molar-refractivity contribution in [1.29, 1.82) is 0 Å². The molecule has 0 radical (unpaired) electrons. The molecule has 1 aromatic heterocycles. The number of halogens is 1. The van der Waals surface area contributed by atoms with Crippen LogP contribution in [-0.4, -0.2) is 16.0 Å². The summed E-state index contributed by atoms with van der Waals surface area (Å²) in [6.07, 6.45) is 2.79. The number of aromatic nitrogens is 2. The van der Waals surface area contributed by atoms with Crippen molar-refractivity contribution < 1.29 is 0 Å². The van der Waals surface area contributed by atoms with Gasteiger partial charge in [0.15, 0.2) is 0 Å². The summed E-state index contributed by atoms with van der Waals surface area (Å²) < 4.78 is 0. The summed E-state index contributed by atoms with van der Waals surface area (Å²) in [5.74, 6) is 1.43. The summed E-state index contributed by atoms with van der Waals surface area (Å²) in [6.45, 7) is 2.21. The van der Waals surface area contributed by atoms with Gasteiger partial charge < -0.3 is 10.2 Å². The van der Waals surface area contributed by atoms with Crippen LogP contribution < -0.4 is 10.2 Å². The number of anilines is 4.